The van der Waals surface area contributed by atoms with Gasteiger partial charge in [-0.25, -0.2) is 9.87 Å². The van der Waals surface area contributed by atoms with Gasteiger partial charge in [-0.1, -0.05) is 18.4 Å². The van der Waals surface area contributed by atoms with Crippen molar-refractivity contribution in [1.29, 1.82) is 0 Å². The van der Waals surface area contributed by atoms with Gasteiger partial charge >= 0.3 is 5.91 Å². The first-order valence-electron chi connectivity index (χ1n) is 8.16. The lowest BCUT2D eigenvalue weighted by atomic mass is 9.70. The minimum absolute atomic E-state index is 0.0458. The summed E-state index contributed by atoms with van der Waals surface area (Å²) in [5.41, 5.74) is 3.78. The van der Waals surface area contributed by atoms with Crippen molar-refractivity contribution in [2.75, 3.05) is 18.5 Å². The summed E-state index contributed by atoms with van der Waals surface area (Å²) in [6.07, 6.45) is 6.86. The van der Waals surface area contributed by atoms with E-state index in [1.54, 1.807) is 6.07 Å². The van der Waals surface area contributed by atoms with Crippen LogP contribution in [-0.4, -0.2) is 42.5 Å². The number of aliphatic hydroxyl groups excluding tert-OH is 1. The number of allylic oxidation sites excluding steroid dienone is 2. The molecule has 1 amide bonds. The molecular weight excluding hydrogens is 340 g/mol. The van der Waals surface area contributed by atoms with Crippen molar-refractivity contribution in [2.24, 2.45) is 0 Å². The number of fused-ring (bicyclic) bond motifs is 1. The van der Waals surface area contributed by atoms with E-state index in [1.807, 2.05) is 20.2 Å². The average Bonchev–Trinajstić information content (AvgIpc) is 3.02. The number of carbonyl (C=O) groups is 1. The predicted octanol–water partition coefficient (Wildman–Crippen LogP) is 2.16. The maximum atomic E-state index is 14.4. The zero-order valence-electron chi connectivity index (χ0n) is 14.2. The van der Waals surface area contributed by atoms with Crippen molar-refractivity contribution in [1.82, 2.24) is 10.5 Å². The standard InChI is InChI=1S/C17H18BFN3O4/c1-18-10-2-3-13(12(19)8-10)21-15-11-9-20-5-4-14(11)26-16(15)17(24)22-25-7-6-23/h2,4-5,8-9,13,21,23H,3,6-7H2,1H3,(H,22,24). The van der Waals surface area contributed by atoms with Crippen LogP contribution in [0.2, 0.25) is 6.82 Å². The maximum absolute atomic E-state index is 14.4. The Morgan fingerprint density at radius 2 is 2.42 bits per heavy atom. The SMILES string of the molecule is C[B]C1=CCC(Nc2c(C(=O)NOCCO)oc3ccncc23)C(F)=C1. The largest absolute Gasteiger partial charge is 0.448 e. The predicted molar refractivity (Wildman–Crippen MR) is 95.4 cm³/mol. The van der Waals surface area contributed by atoms with Gasteiger partial charge in [0.25, 0.3) is 0 Å². The Morgan fingerprint density at radius 3 is 3.15 bits per heavy atom. The van der Waals surface area contributed by atoms with Gasteiger partial charge in [-0.15, -0.1) is 0 Å². The van der Waals surface area contributed by atoms with Gasteiger partial charge in [0.15, 0.2) is 0 Å². The average molecular weight is 358 g/mol. The number of aliphatic hydroxyl groups is 1. The number of hydrogen-bond donors (Lipinski definition) is 3. The van der Waals surface area contributed by atoms with E-state index in [0.29, 0.717) is 23.1 Å². The summed E-state index contributed by atoms with van der Waals surface area (Å²) in [4.78, 5) is 21.2. The summed E-state index contributed by atoms with van der Waals surface area (Å²) in [7, 11) is 1.82. The van der Waals surface area contributed by atoms with Gasteiger partial charge in [-0.05, 0) is 18.6 Å². The summed E-state index contributed by atoms with van der Waals surface area (Å²) in [6.45, 7) is 1.54. The summed E-state index contributed by atoms with van der Waals surface area (Å²) >= 11 is 0. The van der Waals surface area contributed by atoms with Gasteiger partial charge in [-0.3, -0.25) is 14.6 Å². The van der Waals surface area contributed by atoms with Gasteiger partial charge in [-0.2, -0.15) is 0 Å². The minimum Gasteiger partial charge on any atom is -0.448 e. The summed E-state index contributed by atoms with van der Waals surface area (Å²) in [5.74, 6) is -1.02. The molecule has 0 aliphatic heterocycles. The van der Waals surface area contributed by atoms with Crippen molar-refractivity contribution in [3.63, 3.8) is 0 Å². The van der Waals surface area contributed by atoms with Crippen molar-refractivity contribution in [2.45, 2.75) is 19.3 Å². The number of furan rings is 1. The monoisotopic (exact) mass is 358 g/mol. The highest BCUT2D eigenvalue weighted by atomic mass is 19.1. The van der Waals surface area contributed by atoms with E-state index in [1.165, 1.54) is 18.5 Å². The molecule has 0 saturated carbocycles. The molecule has 0 fully saturated rings. The number of carbonyl (C=O) groups excluding carboxylic acids is 1. The number of pyridine rings is 1. The van der Waals surface area contributed by atoms with Gasteiger partial charge in [0.05, 0.1) is 30.3 Å². The van der Waals surface area contributed by atoms with Gasteiger partial charge in [0.1, 0.15) is 18.7 Å². The van der Waals surface area contributed by atoms with Crippen LogP contribution in [0.5, 0.6) is 0 Å². The molecule has 3 rings (SSSR count). The normalized spacial score (nSPS) is 16.8. The van der Waals surface area contributed by atoms with E-state index < -0.39 is 11.9 Å². The highest BCUT2D eigenvalue weighted by Gasteiger charge is 2.25. The number of aromatic nitrogens is 1. The van der Waals surface area contributed by atoms with E-state index in [0.717, 1.165) is 5.47 Å². The molecule has 1 radical (unpaired) electrons. The third kappa shape index (κ3) is 3.78. The van der Waals surface area contributed by atoms with Crippen LogP contribution in [0.3, 0.4) is 0 Å². The molecule has 2 aromatic rings. The molecule has 0 bridgehead atoms. The van der Waals surface area contributed by atoms with Crippen LogP contribution in [-0.2, 0) is 4.84 Å². The molecule has 3 N–H and O–H groups in total. The second-order valence-corrected chi connectivity index (χ2v) is 5.64. The van der Waals surface area contributed by atoms with Crippen LogP contribution in [0.15, 0.2) is 46.3 Å². The van der Waals surface area contributed by atoms with E-state index in [9.17, 15) is 9.18 Å². The fourth-order valence-corrected chi connectivity index (χ4v) is 2.64. The van der Waals surface area contributed by atoms with Gasteiger partial charge in [0.2, 0.25) is 5.76 Å². The first-order chi connectivity index (χ1) is 12.6. The Bertz CT molecular complexity index is 865. The third-order valence-electron chi connectivity index (χ3n) is 3.93. The van der Waals surface area contributed by atoms with Crippen molar-refractivity contribution >= 4 is 29.8 Å². The maximum Gasteiger partial charge on any atom is 0.312 e. The van der Waals surface area contributed by atoms with Crippen LogP contribution >= 0.6 is 0 Å². The van der Waals surface area contributed by atoms with E-state index in [-0.39, 0.29) is 24.8 Å². The lowest BCUT2D eigenvalue weighted by molar-refractivity contribution is 0.0152. The Labute approximate surface area is 150 Å². The molecule has 2 heterocycles. The summed E-state index contributed by atoms with van der Waals surface area (Å²) in [6, 6.07) is 0.993. The lowest BCUT2D eigenvalue weighted by Crippen LogP contribution is -2.27. The summed E-state index contributed by atoms with van der Waals surface area (Å²) in [5, 5.41) is 12.3. The zero-order chi connectivity index (χ0) is 18.5. The third-order valence-corrected chi connectivity index (χ3v) is 3.93. The first-order valence-corrected chi connectivity index (χ1v) is 8.16. The van der Waals surface area contributed by atoms with E-state index >= 15 is 0 Å². The molecule has 26 heavy (non-hydrogen) atoms. The molecule has 1 atom stereocenters. The van der Waals surface area contributed by atoms with Crippen molar-refractivity contribution in [3.8, 4) is 0 Å². The lowest BCUT2D eigenvalue weighted by Gasteiger charge is -2.21. The number of rotatable bonds is 7. The van der Waals surface area contributed by atoms with Crippen LogP contribution in [0.25, 0.3) is 11.0 Å². The zero-order valence-corrected chi connectivity index (χ0v) is 14.2. The minimum atomic E-state index is -0.643. The number of hydroxylamine groups is 1. The molecule has 0 aromatic carbocycles. The molecule has 7 nitrogen and oxygen atoms in total. The van der Waals surface area contributed by atoms with Crippen LogP contribution in [0.4, 0.5) is 10.1 Å². The Hall–Kier alpha value is -2.65. The van der Waals surface area contributed by atoms with Gasteiger partial charge < -0.3 is 14.8 Å². The highest BCUT2D eigenvalue weighted by Crippen LogP contribution is 2.33. The second-order valence-electron chi connectivity index (χ2n) is 5.64. The van der Waals surface area contributed by atoms with Crippen LogP contribution < -0.4 is 10.8 Å². The number of nitrogens with zero attached hydrogens (tertiary/aromatic N) is 1. The number of nitrogens with one attached hydrogen (secondary N) is 2. The molecule has 1 aliphatic rings. The Morgan fingerprint density at radius 1 is 1.58 bits per heavy atom. The number of amides is 1. The Balaban J connectivity index is 1.89. The number of hydrogen-bond acceptors (Lipinski definition) is 6. The van der Waals surface area contributed by atoms with Crippen LogP contribution in [0.1, 0.15) is 17.0 Å². The number of halogens is 1. The van der Waals surface area contributed by atoms with Crippen molar-refractivity contribution in [3.05, 3.63) is 47.7 Å². The molecule has 0 spiro atoms. The molecule has 0 saturated heterocycles. The summed E-state index contributed by atoms with van der Waals surface area (Å²) < 4.78 is 20.0. The van der Waals surface area contributed by atoms with E-state index in [4.69, 9.17) is 14.4 Å². The van der Waals surface area contributed by atoms with Crippen molar-refractivity contribution < 1.29 is 23.5 Å². The quantitative estimate of drug-likeness (QED) is 0.399. The molecular formula is C17H18BFN3O4. The van der Waals surface area contributed by atoms with Crippen LogP contribution in [0, 0.1) is 0 Å². The second kappa shape index (κ2) is 8.16. The smallest absolute Gasteiger partial charge is 0.312 e. The number of anilines is 1. The molecule has 1 unspecified atom stereocenters. The molecule has 9 heteroatoms. The highest BCUT2D eigenvalue weighted by molar-refractivity contribution is 6.44. The molecule has 135 valence electrons. The fraction of sp³-hybridized carbons (Fsp3) is 0.294. The topological polar surface area (TPSA) is 96.6 Å². The van der Waals surface area contributed by atoms with Gasteiger partial charge in [0, 0.05) is 12.4 Å². The first kappa shape index (κ1) is 18.2. The molecule has 2 aromatic heterocycles. The molecule has 1 aliphatic carbocycles. The Kier molecular flexibility index (Phi) is 5.70. The van der Waals surface area contributed by atoms with E-state index in [2.05, 4.69) is 15.8 Å². The fourth-order valence-electron chi connectivity index (χ4n) is 2.64.